The highest BCUT2D eigenvalue weighted by Gasteiger charge is 2.10. The van der Waals surface area contributed by atoms with Gasteiger partial charge >= 0.3 is 0 Å². The molecule has 2 N–H and O–H groups in total. The molecular formula is C15H23N3O2. The van der Waals surface area contributed by atoms with Crippen LogP contribution in [0.3, 0.4) is 0 Å². The molecule has 0 bridgehead atoms. The maximum Gasteiger partial charge on any atom is 0.267 e. The zero-order valence-electron chi connectivity index (χ0n) is 12.1. The number of likely N-dealkylation sites (tertiary alicyclic amines) is 1. The summed E-state index contributed by atoms with van der Waals surface area (Å²) in [6, 6.07) is 2.82. The number of amides is 1. The van der Waals surface area contributed by atoms with Crippen LogP contribution in [0.2, 0.25) is 0 Å². The van der Waals surface area contributed by atoms with Crippen molar-refractivity contribution < 1.29 is 4.79 Å². The van der Waals surface area contributed by atoms with Crippen LogP contribution in [0.4, 0.5) is 0 Å². The third-order valence-electron chi connectivity index (χ3n) is 3.61. The highest BCUT2D eigenvalue weighted by Crippen LogP contribution is 2.07. The highest BCUT2D eigenvalue weighted by atomic mass is 16.2. The minimum atomic E-state index is -0.202. The average molecular weight is 277 g/mol. The number of aryl methyl sites for hydroxylation is 1. The van der Waals surface area contributed by atoms with Gasteiger partial charge in [-0.3, -0.25) is 9.59 Å². The smallest absolute Gasteiger partial charge is 0.267 e. The van der Waals surface area contributed by atoms with E-state index >= 15 is 0 Å². The number of carbonyl (C=O) groups is 1. The van der Waals surface area contributed by atoms with Crippen molar-refractivity contribution in [3.05, 3.63) is 33.7 Å². The van der Waals surface area contributed by atoms with E-state index in [1.165, 1.54) is 38.1 Å². The molecule has 2 rings (SSSR count). The predicted molar refractivity (Wildman–Crippen MR) is 79.0 cm³/mol. The number of carbonyl (C=O) groups excluding carboxylic acids is 1. The first-order valence-electron chi connectivity index (χ1n) is 7.37. The number of unbranched alkanes of at least 4 members (excludes halogenated alkanes) is 1. The van der Waals surface area contributed by atoms with Crippen LogP contribution in [0.5, 0.6) is 0 Å². The minimum absolute atomic E-state index is 0.138. The van der Waals surface area contributed by atoms with Crippen LogP contribution in [0, 0.1) is 6.92 Å². The molecule has 5 heteroatoms. The van der Waals surface area contributed by atoms with E-state index in [0.29, 0.717) is 17.9 Å². The summed E-state index contributed by atoms with van der Waals surface area (Å²) in [5.41, 5.74) is 0.909. The lowest BCUT2D eigenvalue weighted by Crippen LogP contribution is -2.27. The second-order valence-corrected chi connectivity index (χ2v) is 5.42. The summed E-state index contributed by atoms with van der Waals surface area (Å²) < 4.78 is 0. The van der Waals surface area contributed by atoms with Crippen LogP contribution in [0.25, 0.3) is 0 Å². The molecule has 0 saturated carbocycles. The number of rotatable bonds is 6. The molecule has 1 saturated heterocycles. The molecular weight excluding hydrogens is 254 g/mol. The largest absolute Gasteiger partial charge is 0.354 e. The van der Waals surface area contributed by atoms with Gasteiger partial charge in [0, 0.05) is 24.4 Å². The standard InChI is InChI=1S/C15H23N3O2/c1-12-10-13(19)11-14(17-12)15(20)16-6-2-3-7-18-8-4-5-9-18/h10-11H,2-9H2,1H3,(H,16,20)(H,17,19). The van der Waals surface area contributed by atoms with Gasteiger partial charge < -0.3 is 15.2 Å². The van der Waals surface area contributed by atoms with E-state index in [-0.39, 0.29) is 11.3 Å². The molecule has 0 aromatic carbocycles. The maximum atomic E-state index is 11.9. The van der Waals surface area contributed by atoms with Gasteiger partial charge in [0.15, 0.2) is 5.43 Å². The molecule has 0 radical (unpaired) electrons. The first-order valence-corrected chi connectivity index (χ1v) is 7.37. The zero-order valence-corrected chi connectivity index (χ0v) is 12.1. The molecule has 1 aromatic heterocycles. The Bertz CT molecular complexity index is 504. The van der Waals surface area contributed by atoms with Crippen molar-refractivity contribution in [3.8, 4) is 0 Å². The van der Waals surface area contributed by atoms with E-state index in [1.807, 2.05) is 0 Å². The number of nitrogens with one attached hydrogen (secondary N) is 2. The Hall–Kier alpha value is -1.62. The Labute approximate surface area is 119 Å². The topological polar surface area (TPSA) is 65.2 Å². The monoisotopic (exact) mass is 277 g/mol. The first-order chi connectivity index (χ1) is 9.65. The summed E-state index contributed by atoms with van der Waals surface area (Å²) in [4.78, 5) is 28.6. The molecule has 1 aliphatic heterocycles. The fourth-order valence-electron chi connectivity index (χ4n) is 2.57. The molecule has 0 aliphatic carbocycles. The fourth-order valence-corrected chi connectivity index (χ4v) is 2.57. The molecule has 1 aliphatic rings. The Balaban J connectivity index is 1.68. The van der Waals surface area contributed by atoms with Crippen LogP contribution in [-0.4, -0.2) is 42.0 Å². The summed E-state index contributed by atoms with van der Waals surface area (Å²) in [7, 11) is 0. The fraction of sp³-hybridized carbons (Fsp3) is 0.600. The maximum absolute atomic E-state index is 11.9. The number of hydrogen-bond acceptors (Lipinski definition) is 3. The molecule has 0 spiro atoms. The molecule has 5 nitrogen and oxygen atoms in total. The Morgan fingerprint density at radius 3 is 2.75 bits per heavy atom. The molecule has 2 heterocycles. The molecule has 1 fully saturated rings. The van der Waals surface area contributed by atoms with Crippen molar-refractivity contribution in [3.63, 3.8) is 0 Å². The molecule has 20 heavy (non-hydrogen) atoms. The van der Waals surface area contributed by atoms with E-state index in [9.17, 15) is 9.59 Å². The second kappa shape index (κ2) is 7.24. The van der Waals surface area contributed by atoms with Gasteiger partial charge in [0.05, 0.1) is 0 Å². The van der Waals surface area contributed by atoms with Crippen LogP contribution < -0.4 is 10.7 Å². The van der Waals surface area contributed by atoms with Gasteiger partial charge in [-0.05, 0) is 52.2 Å². The van der Waals surface area contributed by atoms with Crippen molar-refractivity contribution >= 4 is 5.91 Å². The lowest BCUT2D eigenvalue weighted by atomic mass is 10.2. The summed E-state index contributed by atoms with van der Waals surface area (Å²) in [6.07, 6.45) is 4.71. The average Bonchev–Trinajstić information content (AvgIpc) is 2.90. The van der Waals surface area contributed by atoms with Crippen LogP contribution >= 0.6 is 0 Å². The molecule has 1 amide bonds. The number of aromatic amines is 1. The molecule has 0 atom stereocenters. The van der Waals surface area contributed by atoms with E-state index in [4.69, 9.17) is 0 Å². The van der Waals surface area contributed by atoms with Gasteiger partial charge in [-0.25, -0.2) is 0 Å². The molecule has 1 aromatic rings. The Morgan fingerprint density at radius 1 is 1.30 bits per heavy atom. The minimum Gasteiger partial charge on any atom is -0.354 e. The predicted octanol–water partition coefficient (Wildman–Crippen LogP) is 1.29. The van der Waals surface area contributed by atoms with Gasteiger partial charge in [0.25, 0.3) is 5.91 Å². The van der Waals surface area contributed by atoms with Crippen molar-refractivity contribution in [2.45, 2.75) is 32.6 Å². The number of H-pyrrole nitrogens is 1. The second-order valence-electron chi connectivity index (χ2n) is 5.42. The molecule has 110 valence electrons. The first kappa shape index (κ1) is 14.8. The van der Waals surface area contributed by atoms with Gasteiger partial charge in [0.1, 0.15) is 5.69 Å². The lowest BCUT2D eigenvalue weighted by molar-refractivity contribution is 0.0947. The number of nitrogens with zero attached hydrogens (tertiary/aromatic N) is 1. The summed E-state index contributed by atoms with van der Waals surface area (Å²) >= 11 is 0. The zero-order chi connectivity index (χ0) is 14.4. The highest BCUT2D eigenvalue weighted by molar-refractivity contribution is 5.92. The number of aromatic nitrogens is 1. The van der Waals surface area contributed by atoms with E-state index in [2.05, 4.69) is 15.2 Å². The third-order valence-corrected chi connectivity index (χ3v) is 3.61. The van der Waals surface area contributed by atoms with Gasteiger partial charge in [0.2, 0.25) is 0 Å². The SMILES string of the molecule is Cc1cc(=O)cc(C(=O)NCCCCN2CCCC2)[nH]1. The van der Waals surface area contributed by atoms with Gasteiger partial charge in [-0.1, -0.05) is 0 Å². The summed E-state index contributed by atoms with van der Waals surface area (Å²) in [5, 5.41) is 2.85. The summed E-state index contributed by atoms with van der Waals surface area (Å²) in [5.74, 6) is -0.202. The van der Waals surface area contributed by atoms with Crippen LogP contribution in [0.1, 0.15) is 41.9 Å². The molecule has 0 unspecified atom stereocenters. The van der Waals surface area contributed by atoms with Crippen LogP contribution in [-0.2, 0) is 0 Å². The lowest BCUT2D eigenvalue weighted by Gasteiger charge is -2.14. The quantitative estimate of drug-likeness (QED) is 0.770. The van der Waals surface area contributed by atoms with Crippen molar-refractivity contribution in [1.29, 1.82) is 0 Å². The Kier molecular flexibility index (Phi) is 5.35. The Morgan fingerprint density at radius 2 is 2.05 bits per heavy atom. The number of hydrogen-bond donors (Lipinski definition) is 2. The number of pyridine rings is 1. The normalized spacial score (nSPS) is 15.4. The summed E-state index contributed by atoms with van der Waals surface area (Å²) in [6.45, 7) is 5.99. The van der Waals surface area contributed by atoms with Crippen molar-refractivity contribution in [2.24, 2.45) is 0 Å². The van der Waals surface area contributed by atoms with Crippen molar-refractivity contribution in [2.75, 3.05) is 26.2 Å². The van der Waals surface area contributed by atoms with Gasteiger partial charge in [-0.15, -0.1) is 0 Å². The third kappa shape index (κ3) is 4.49. The van der Waals surface area contributed by atoms with E-state index in [0.717, 1.165) is 19.4 Å². The van der Waals surface area contributed by atoms with Crippen LogP contribution in [0.15, 0.2) is 16.9 Å². The van der Waals surface area contributed by atoms with E-state index in [1.54, 1.807) is 6.92 Å². The van der Waals surface area contributed by atoms with Crippen molar-refractivity contribution in [1.82, 2.24) is 15.2 Å². The van der Waals surface area contributed by atoms with E-state index < -0.39 is 0 Å². The van der Waals surface area contributed by atoms with Gasteiger partial charge in [-0.2, -0.15) is 0 Å².